The van der Waals surface area contributed by atoms with Crippen LogP contribution < -0.4 is 5.32 Å². The Morgan fingerprint density at radius 2 is 1.94 bits per heavy atom. The summed E-state index contributed by atoms with van der Waals surface area (Å²) in [4.78, 5) is 8.03. The van der Waals surface area contributed by atoms with Gasteiger partial charge < -0.3 is 9.84 Å². The fourth-order valence-electron chi connectivity index (χ4n) is 2.91. The smallest absolute Gasteiger partial charge is 0.183 e. The Morgan fingerprint density at radius 1 is 1.12 bits per heavy atom. The van der Waals surface area contributed by atoms with Gasteiger partial charge in [0.2, 0.25) is 0 Å². The number of halogens is 4. The number of nitrogens with one attached hydrogen (secondary N) is 1. The molecule has 1 aromatic carbocycles. The second kappa shape index (κ2) is 9.14. The molecule has 3 aromatic heterocycles. The lowest BCUT2D eigenvalue weighted by Gasteiger charge is -2.13. The summed E-state index contributed by atoms with van der Waals surface area (Å²) in [6.07, 6.45) is 2.30. The lowest BCUT2D eigenvalue weighted by Crippen LogP contribution is -2.26. The van der Waals surface area contributed by atoms with Crippen LogP contribution in [0.4, 0.5) is 23.6 Å². The van der Waals surface area contributed by atoms with Crippen LogP contribution in [-0.2, 0) is 6.54 Å². The standard InChI is InChI=1S/C20H17F4N7O/c1-12(31(23)24)9-25-19-15(22)10-26-20(27-19)17-8-18(16-6-7-32-29-16)30(28-17)11-13-4-2-3-5-14(13)21/h2-8,10,12H,9,11H2,1H3,(H,25,26,27). The van der Waals surface area contributed by atoms with Crippen LogP contribution in [0.15, 0.2) is 53.4 Å². The minimum Gasteiger partial charge on any atom is -0.366 e. The van der Waals surface area contributed by atoms with E-state index >= 15 is 0 Å². The van der Waals surface area contributed by atoms with E-state index in [-0.39, 0.29) is 30.4 Å². The quantitative estimate of drug-likeness (QED) is 0.320. The van der Waals surface area contributed by atoms with Crippen LogP contribution in [0.2, 0.25) is 0 Å². The first-order chi connectivity index (χ1) is 15.4. The fraction of sp³-hybridized carbons (Fsp3) is 0.200. The monoisotopic (exact) mass is 447 g/mol. The van der Waals surface area contributed by atoms with Gasteiger partial charge in [0.15, 0.2) is 17.5 Å². The fourth-order valence-corrected chi connectivity index (χ4v) is 2.91. The Hall–Kier alpha value is -3.80. The average molecular weight is 447 g/mol. The van der Waals surface area contributed by atoms with Gasteiger partial charge in [-0.1, -0.05) is 23.4 Å². The second-order valence-electron chi connectivity index (χ2n) is 6.93. The summed E-state index contributed by atoms with van der Waals surface area (Å²) in [5.74, 6) is -1.39. The minimum atomic E-state index is -1.16. The number of rotatable bonds is 8. The van der Waals surface area contributed by atoms with Gasteiger partial charge in [0.25, 0.3) is 0 Å². The molecule has 3 heterocycles. The summed E-state index contributed by atoms with van der Waals surface area (Å²) in [7, 11) is 0. The second-order valence-corrected chi connectivity index (χ2v) is 6.93. The molecular weight excluding hydrogens is 430 g/mol. The van der Waals surface area contributed by atoms with Crippen LogP contribution in [0.1, 0.15) is 12.5 Å². The highest BCUT2D eigenvalue weighted by molar-refractivity contribution is 5.63. The number of nitrogens with zero attached hydrogens (tertiary/aromatic N) is 6. The van der Waals surface area contributed by atoms with Crippen molar-refractivity contribution in [2.24, 2.45) is 0 Å². The highest BCUT2D eigenvalue weighted by Crippen LogP contribution is 2.26. The molecule has 166 valence electrons. The number of anilines is 1. The summed E-state index contributed by atoms with van der Waals surface area (Å²) in [5.41, 5.74) is 1.59. The van der Waals surface area contributed by atoms with Gasteiger partial charge in [-0.05, 0) is 19.1 Å². The van der Waals surface area contributed by atoms with Gasteiger partial charge in [-0.25, -0.2) is 18.7 Å². The van der Waals surface area contributed by atoms with Crippen molar-refractivity contribution in [1.82, 2.24) is 30.2 Å². The maximum absolute atomic E-state index is 14.2. The van der Waals surface area contributed by atoms with E-state index < -0.39 is 23.0 Å². The molecule has 8 nitrogen and oxygen atoms in total. The van der Waals surface area contributed by atoms with Crippen LogP contribution in [-0.4, -0.2) is 42.8 Å². The van der Waals surface area contributed by atoms with Gasteiger partial charge >= 0.3 is 0 Å². The van der Waals surface area contributed by atoms with Crippen LogP contribution in [0.5, 0.6) is 0 Å². The number of benzene rings is 1. The molecule has 1 atom stereocenters. The Bertz CT molecular complexity index is 1200. The van der Waals surface area contributed by atoms with Crippen molar-refractivity contribution in [2.45, 2.75) is 19.5 Å². The number of hydrogen-bond donors (Lipinski definition) is 1. The molecule has 0 amide bonds. The van der Waals surface area contributed by atoms with Crippen molar-refractivity contribution in [3.05, 3.63) is 66.1 Å². The summed E-state index contributed by atoms with van der Waals surface area (Å²) < 4.78 is 59.8. The van der Waals surface area contributed by atoms with E-state index in [2.05, 4.69) is 25.5 Å². The Labute approximate surface area is 179 Å². The summed E-state index contributed by atoms with van der Waals surface area (Å²) >= 11 is 0. The van der Waals surface area contributed by atoms with Gasteiger partial charge in [0.1, 0.15) is 23.5 Å². The van der Waals surface area contributed by atoms with Gasteiger partial charge in [-0.3, -0.25) is 4.68 Å². The molecule has 1 unspecified atom stereocenters. The molecule has 32 heavy (non-hydrogen) atoms. The molecule has 4 aromatic rings. The van der Waals surface area contributed by atoms with Gasteiger partial charge in [0, 0.05) is 23.5 Å². The summed E-state index contributed by atoms with van der Waals surface area (Å²) in [5, 5.41) is 9.89. The van der Waals surface area contributed by atoms with Gasteiger partial charge in [0.05, 0.1) is 24.5 Å². The van der Waals surface area contributed by atoms with Crippen LogP contribution in [0, 0.1) is 11.6 Å². The van der Waals surface area contributed by atoms with Gasteiger partial charge in [-0.15, -0.1) is 8.96 Å². The molecule has 0 aliphatic carbocycles. The Kier molecular flexibility index (Phi) is 6.12. The maximum atomic E-state index is 14.2. The van der Waals surface area contributed by atoms with E-state index in [1.54, 1.807) is 30.3 Å². The summed E-state index contributed by atoms with van der Waals surface area (Å²) in [6, 6.07) is 8.30. The topological polar surface area (TPSA) is 84.9 Å². The molecular formula is C20H17F4N7O. The first-order valence-electron chi connectivity index (χ1n) is 9.52. The van der Waals surface area contributed by atoms with E-state index in [0.29, 0.717) is 17.0 Å². The van der Waals surface area contributed by atoms with Crippen LogP contribution in [0.3, 0.4) is 0 Å². The summed E-state index contributed by atoms with van der Waals surface area (Å²) in [6.45, 7) is 1.11. The van der Waals surface area contributed by atoms with Crippen molar-refractivity contribution >= 4 is 5.82 Å². The molecule has 0 aliphatic heterocycles. The Morgan fingerprint density at radius 3 is 2.66 bits per heavy atom. The zero-order valence-electron chi connectivity index (χ0n) is 16.7. The highest BCUT2D eigenvalue weighted by atomic mass is 19.4. The SMILES string of the molecule is CC(CNc1nc(-c2cc(-c3ccon3)n(Cc3ccccc3F)n2)ncc1F)N(F)F. The molecule has 0 spiro atoms. The van der Waals surface area contributed by atoms with Crippen molar-refractivity contribution in [3.8, 4) is 22.9 Å². The van der Waals surface area contributed by atoms with Crippen molar-refractivity contribution in [2.75, 3.05) is 11.9 Å². The third-order valence-electron chi connectivity index (χ3n) is 4.63. The first-order valence-corrected chi connectivity index (χ1v) is 9.52. The number of aromatic nitrogens is 5. The molecule has 0 radical (unpaired) electrons. The molecule has 0 aliphatic rings. The largest absolute Gasteiger partial charge is 0.366 e. The van der Waals surface area contributed by atoms with Gasteiger partial charge in [-0.2, -0.15) is 5.10 Å². The molecule has 4 rings (SSSR count). The van der Waals surface area contributed by atoms with E-state index in [1.165, 1.54) is 23.9 Å². The molecule has 0 fully saturated rings. The maximum Gasteiger partial charge on any atom is 0.183 e. The average Bonchev–Trinajstić information content (AvgIpc) is 3.44. The van der Waals surface area contributed by atoms with E-state index in [9.17, 15) is 17.7 Å². The van der Waals surface area contributed by atoms with Crippen molar-refractivity contribution in [3.63, 3.8) is 0 Å². The van der Waals surface area contributed by atoms with E-state index in [0.717, 1.165) is 6.20 Å². The molecule has 0 saturated heterocycles. The normalized spacial score (nSPS) is 12.3. The third-order valence-corrected chi connectivity index (χ3v) is 4.63. The number of hydrogen-bond acceptors (Lipinski definition) is 7. The predicted octanol–water partition coefficient (Wildman–Crippen LogP) is 4.19. The molecule has 0 bridgehead atoms. The Balaban J connectivity index is 1.68. The van der Waals surface area contributed by atoms with Crippen molar-refractivity contribution < 1.29 is 22.3 Å². The molecule has 0 saturated carbocycles. The zero-order chi connectivity index (χ0) is 22.7. The van der Waals surface area contributed by atoms with Crippen LogP contribution >= 0.6 is 0 Å². The molecule has 12 heteroatoms. The van der Waals surface area contributed by atoms with Crippen molar-refractivity contribution in [1.29, 1.82) is 0 Å². The first kappa shape index (κ1) is 21.4. The minimum absolute atomic E-state index is 0.0518. The van der Waals surface area contributed by atoms with E-state index in [1.807, 2.05) is 0 Å². The van der Waals surface area contributed by atoms with Crippen LogP contribution in [0.25, 0.3) is 22.9 Å². The lowest BCUT2D eigenvalue weighted by atomic mass is 10.2. The lowest BCUT2D eigenvalue weighted by molar-refractivity contribution is -0.178. The zero-order valence-corrected chi connectivity index (χ0v) is 16.7. The third kappa shape index (κ3) is 4.59. The molecule has 1 N–H and O–H groups in total. The highest BCUT2D eigenvalue weighted by Gasteiger charge is 2.19. The van der Waals surface area contributed by atoms with E-state index in [4.69, 9.17) is 4.52 Å². The predicted molar refractivity (Wildman–Crippen MR) is 106 cm³/mol.